The van der Waals surface area contributed by atoms with E-state index in [9.17, 15) is 5.26 Å². The fourth-order valence-corrected chi connectivity index (χ4v) is 3.34. The van der Waals surface area contributed by atoms with Crippen molar-refractivity contribution < 1.29 is 4.42 Å². The molecule has 0 bridgehead atoms. The van der Waals surface area contributed by atoms with E-state index < -0.39 is 0 Å². The van der Waals surface area contributed by atoms with E-state index in [2.05, 4.69) is 6.07 Å². The number of rotatable bonds is 3. The molecule has 0 amide bonds. The van der Waals surface area contributed by atoms with Gasteiger partial charge in [0, 0.05) is 5.56 Å². The van der Waals surface area contributed by atoms with Gasteiger partial charge in [-0.15, -0.1) is 0 Å². The van der Waals surface area contributed by atoms with Crippen molar-refractivity contribution in [1.29, 1.82) is 5.26 Å². The highest BCUT2D eigenvalue weighted by molar-refractivity contribution is 6.43. The third kappa shape index (κ3) is 3.48. The van der Waals surface area contributed by atoms with Gasteiger partial charge in [-0.2, -0.15) is 5.26 Å². The number of allylic oxidation sites excluding steroid dienone is 1. The van der Waals surface area contributed by atoms with Crippen molar-refractivity contribution in [3.05, 3.63) is 94.2 Å². The Morgan fingerprint density at radius 1 is 0.889 bits per heavy atom. The van der Waals surface area contributed by atoms with E-state index >= 15 is 0 Å². The number of nitriles is 1. The standard InChI is InChI=1S/C23H13Cl2NO/c24-21-7-3-6-20(23(21)25)22-11-10-19(27-22)13-18(14-26)17-9-8-15-4-1-2-5-16(15)12-17/h1-13H/b18-13+. The SMILES string of the molecule is N#C/C(=C\c1ccc(-c2cccc(Cl)c2Cl)o1)c1ccc2ccccc2c1. The zero-order chi connectivity index (χ0) is 18.8. The van der Waals surface area contributed by atoms with Gasteiger partial charge >= 0.3 is 0 Å². The molecule has 0 saturated heterocycles. The average Bonchev–Trinajstić information content (AvgIpc) is 3.16. The predicted octanol–water partition coefficient (Wildman–Crippen LogP) is 7.47. The molecule has 0 aliphatic carbocycles. The molecule has 130 valence electrons. The van der Waals surface area contributed by atoms with Crippen LogP contribution < -0.4 is 0 Å². The van der Waals surface area contributed by atoms with E-state index in [0.29, 0.717) is 32.7 Å². The summed E-state index contributed by atoms with van der Waals surface area (Å²) in [6.45, 7) is 0. The van der Waals surface area contributed by atoms with Crippen molar-refractivity contribution in [3.8, 4) is 17.4 Å². The highest BCUT2D eigenvalue weighted by Crippen LogP contribution is 2.35. The molecule has 1 aromatic heterocycles. The van der Waals surface area contributed by atoms with Gasteiger partial charge in [0.1, 0.15) is 11.5 Å². The van der Waals surface area contributed by atoms with Crippen molar-refractivity contribution in [2.75, 3.05) is 0 Å². The Morgan fingerprint density at radius 3 is 2.52 bits per heavy atom. The lowest BCUT2D eigenvalue weighted by Gasteiger charge is -2.03. The molecule has 0 saturated carbocycles. The molecule has 0 fully saturated rings. The minimum atomic E-state index is 0.444. The first-order chi connectivity index (χ1) is 13.2. The topological polar surface area (TPSA) is 36.9 Å². The van der Waals surface area contributed by atoms with Gasteiger partial charge in [0.25, 0.3) is 0 Å². The first kappa shape index (κ1) is 17.4. The monoisotopic (exact) mass is 389 g/mol. The van der Waals surface area contributed by atoms with E-state index in [-0.39, 0.29) is 0 Å². The molecule has 0 aliphatic heterocycles. The fourth-order valence-electron chi connectivity index (χ4n) is 2.95. The summed E-state index contributed by atoms with van der Waals surface area (Å²) in [6, 6.07) is 25.3. The third-order valence-electron chi connectivity index (χ3n) is 4.31. The summed E-state index contributed by atoms with van der Waals surface area (Å²) < 4.78 is 5.88. The van der Waals surface area contributed by atoms with Crippen LogP contribution in [-0.4, -0.2) is 0 Å². The van der Waals surface area contributed by atoms with Gasteiger partial charge in [-0.3, -0.25) is 0 Å². The van der Waals surface area contributed by atoms with E-state index in [1.54, 1.807) is 12.1 Å². The van der Waals surface area contributed by atoms with E-state index in [1.807, 2.05) is 66.7 Å². The number of hydrogen-bond acceptors (Lipinski definition) is 2. The van der Waals surface area contributed by atoms with Crippen LogP contribution >= 0.6 is 23.2 Å². The molecule has 4 aromatic rings. The molecule has 27 heavy (non-hydrogen) atoms. The molecule has 3 aromatic carbocycles. The van der Waals surface area contributed by atoms with Gasteiger partial charge in [-0.05, 0) is 52.7 Å². The third-order valence-corrected chi connectivity index (χ3v) is 5.13. The van der Waals surface area contributed by atoms with Gasteiger partial charge in [0.15, 0.2) is 0 Å². The number of nitrogens with zero attached hydrogens (tertiary/aromatic N) is 1. The molecule has 4 rings (SSSR count). The van der Waals surface area contributed by atoms with Crippen LogP contribution in [0.5, 0.6) is 0 Å². The summed E-state index contributed by atoms with van der Waals surface area (Å²) in [5.41, 5.74) is 2.09. The maximum absolute atomic E-state index is 9.62. The zero-order valence-corrected chi connectivity index (χ0v) is 15.6. The quantitative estimate of drug-likeness (QED) is 0.340. The molecule has 0 N–H and O–H groups in total. The minimum absolute atomic E-state index is 0.444. The van der Waals surface area contributed by atoms with Crippen LogP contribution in [0.1, 0.15) is 11.3 Å². The van der Waals surface area contributed by atoms with Crippen LogP contribution in [-0.2, 0) is 0 Å². The Morgan fingerprint density at radius 2 is 1.70 bits per heavy atom. The molecule has 2 nitrogen and oxygen atoms in total. The average molecular weight is 390 g/mol. The molecule has 1 heterocycles. The number of fused-ring (bicyclic) bond motifs is 1. The van der Waals surface area contributed by atoms with E-state index in [0.717, 1.165) is 16.3 Å². The summed E-state index contributed by atoms with van der Waals surface area (Å²) >= 11 is 12.3. The molecular weight excluding hydrogens is 377 g/mol. The highest BCUT2D eigenvalue weighted by Gasteiger charge is 2.11. The Hall–Kier alpha value is -2.99. The minimum Gasteiger partial charge on any atom is -0.457 e. The van der Waals surface area contributed by atoms with Crippen LogP contribution in [0.4, 0.5) is 0 Å². The van der Waals surface area contributed by atoms with Gasteiger partial charge in [-0.25, -0.2) is 0 Å². The summed E-state index contributed by atoms with van der Waals surface area (Å²) in [5.74, 6) is 1.18. The molecule has 0 radical (unpaired) electrons. The van der Waals surface area contributed by atoms with E-state index in [1.165, 1.54) is 0 Å². The first-order valence-electron chi connectivity index (χ1n) is 8.31. The molecule has 0 unspecified atom stereocenters. The van der Waals surface area contributed by atoms with Crippen LogP contribution in [0.3, 0.4) is 0 Å². The normalized spacial score (nSPS) is 11.5. The Bertz CT molecular complexity index is 1210. The Labute approximate surface area is 166 Å². The van der Waals surface area contributed by atoms with Crippen LogP contribution in [0.15, 0.2) is 77.2 Å². The second-order valence-electron chi connectivity index (χ2n) is 6.04. The number of furan rings is 1. The largest absolute Gasteiger partial charge is 0.457 e. The lowest BCUT2D eigenvalue weighted by molar-refractivity contribution is 0.572. The number of benzene rings is 3. The van der Waals surface area contributed by atoms with Gasteiger partial charge in [0.2, 0.25) is 0 Å². The zero-order valence-electron chi connectivity index (χ0n) is 14.1. The summed E-state index contributed by atoms with van der Waals surface area (Å²) in [4.78, 5) is 0. The molecular formula is C23H13Cl2NO. The van der Waals surface area contributed by atoms with Crippen LogP contribution in [0.2, 0.25) is 10.0 Å². The maximum atomic E-state index is 9.62. The summed E-state index contributed by atoms with van der Waals surface area (Å²) in [6.07, 6.45) is 1.73. The lowest BCUT2D eigenvalue weighted by atomic mass is 10.0. The second kappa shape index (κ2) is 7.32. The predicted molar refractivity (Wildman–Crippen MR) is 112 cm³/mol. The molecule has 0 atom stereocenters. The number of halogens is 2. The fraction of sp³-hybridized carbons (Fsp3) is 0. The lowest BCUT2D eigenvalue weighted by Crippen LogP contribution is -1.82. The second-order valence-corrected chi connectivity index (χ2v) is 6.82. The van der Waals surface area contributed by atoms with Crippen LogP contribution in [0, 0.1) is 11.3 Å². The molecule has 0 spiro atoms. The van der Waals surface area contributed by atoms with Crippen molar-refractivity contribution in [2.24, 2.45) is 0 Å². The van der Waals surface area contributed by atoms with Crippen molar-refractivity contribution in [2.45, 2.75) is 0 Å². The van der Waals surface area contributed by atoms with Crippen molar-refractivity contribution >= 4 is 45.6 Å². The van der Waals surface area contributed by atoms with Crippen molar-refractivity contribution in [3.63, 3.8) is 0 Å². The van der Waals surface area contributed by atoms with Gasteiger partial charge in [0.05, 0.1) is 21.7 Å². The highest BCUT2D eigenvalue weighted by atomic mass is 35.5. The van der Waals surface area contributed by atoms with Crippen LogP contribution in [0.25, 0.3) is 33.7 Å². The van der Waals surface area contributed by atoms with Gasteiger partial charge in [-0.1, -0.05) is 65.7 Å². The molecule has 4 heteroatoms. The molecule has 0 aliphatic rings. The Balaban J connectivity index is 1.72. The smallest absolute Gasteiger partial charge is 0.136 e. The maximum Gasteiger partial charge on any atom is 0.136 e. The summed E-state index contributed by atoms with van der Waals surface area (Å²) in [5, 5.41) is 12.8. The van der Waals surface area contributed by atoms with Gasteiger partial charge < -0.3 is 4.42 Å². The summed E-state index contributed by atoms with van der Waals surface area (Å²) in [7, 11) is 0. The Kier molecular flexibility index (Phi) is 4.73. The first-order valence-corrected chi connectivity index (χ1v) is 9.06. The number of hydrogen-bond donors (Lipinski definition) is 0. The van der Waals surface area contributed by atoms with Crippen molar-refractivity contribution in [1.82, 2.24) is 0 Å². The van der Waals surface area contributed by atoms with E-state index in [4.69, 9.17) is 27.6 Å².